The first-order valence-electron chi connectivity index (χ1n) is 7.76. The van der Waals surface area contributed by atoms with Gasteiger partial charge in [-0.1, -0.05) is 53.5 Å². The lowest BCUT2D eigenvalue weighted by atomic mass is 9.94. The first-order valence-corrected chi connectivity index (χ1v) is 8.51. The molecule has 1 aromatic heterocycles. The smallest absolute Gasteiger partial charge is 0.149 e. The van der Waals surface area contributed by atoms with Crippen LogP contribution in [0.1, 0.15) is 0 Å². The molecular formula is C21H13Cl2NO. The van der Waals surface area contributed by atoms with Gasteiger partial charge in [0.15, 0.2) is 0 Å². The van der Waals surface area contributed by atoms with Crippen LogP contribution < -0.4 is 0 Å². The molecule has 1 N–H and O–H groups in total. The normalized spacial score (nSPS) is 11.0. The van der Waals surface area contributed by atoms with Crippen molar-refractivity contribution in [1.82, 2.24) is 4.98 Å². The number of phenolic OH excluding ortho intramolecular Hbond substituents is 1. The Hall–Kier alpha value is -2.55. The van der Waals surface area contributed by atoms with E-state index in [0.29, 0.717) is 21.1 Å². The van der Waals surface area contributed by atoms with Crippen molar-refractivity contribution in [2.24, 2.45) is 0 Å². The van der Waals surface area contributed by atoms with Crippen molar-refractivity contribution in [2.45, 2.75) is 0 Å². The van der Waals surface area contributed by atoms with Crippen LogP contribution >= 0.6 is 23.2 Å². The van der Waals surface area contributed by atoms with E-state index in [0.717, 1.165) is 22.1 Å². The maximum Gasteiger partial charge on any atom is 0.149 e. The molecule has 0 saturated carbocycles. The van der Waals surface area contributed by atoms with Crippen LogP contribution in [0.4, 0.5) is 0 Å². The van der Waals surface area contributed by atoms with Crippen LogP contribution in [0.5, 0.6) is 5.75 Å². The van der Waals surface area contributed by atoms with Crippen molar-refractivity contribution in [3.63, 3.8) is 0 Å². The number of hydrogen-bond acceptors (Lipinski definition) is 2. The lowest BCUT2D eigenvalue weighted by Gasteiger charge is -2.13. The largest absolute Gasteiger partial charge is 0.505 e. The fourth-order valence-corrected chi connectivity index (χ4v) is 3.20. The molecule has 0 aliphatic heterocycles. The summed E-state index contributed by atoms with van der Waals surface area (Å²) in [5.74, 6) is 0.163. The second kappa shape index (κ2) is 6.40. The predicted octanol–water partition coefficient (Wildman–Crippen LogP) is 6.58. The fraction of sp³-hybridized carbons (Fsp3) is 0. The van der Waals surface area contributed by atoms with E-state index in [2.05, 4.69) is 4.98 Å². The van der Waals surface area contributed by atoms with Crippen molar-refractivity contribution in [3.8, 4) is 28.0 Å². The minimum atomic E-state index is 0.163. The average Bonchev–Trinajstić information content (AvgIpc) is 2.64. The molecule has 0 amide bonds. The highest BCUT2D eigenvalue weighted by atomic mass is 35.5. The number of benzene rings is 3. The Morgan fingerprint density at radius 1 is 0.720 bits per heavy atom. The SMILES string of the molecule is Oc1c(-c2ccc(Cl)cc2)cc(-c2ccc(Cl)cc2)c2cccnc12. The van der Waals surface area contributed by atoms with Crippen LogP contribution in [0.2, 0.25) is 10.0 Å². The third kappa shape index (κ3) is 2.95. The van der Waals surface area contributed by atoms with E-state index < -0.39 is 0 Å². The summed E-state index contributed by atoms with van der Waals surface area (Å²) in [5.41, 5.74) is 4.16. The zero-order valence-electron chi connectivity index (χ0n) is 13.1. The molecule has 0 aliphatic rings. The fourth-order valence-electron chi connectivity index (χ4n) is 2.95. The van der Waals surface area contributed by atoms with Gasteiger partial charge in [0.1, 0.15) is 11.3 Å². The van der Waals surface area contributed by atoms with Crippen molar-refractivity contribution in [3.05, 3.63) is 83.0 Å². The quantitative estimate of drug-likeness (QED) is 0.435. The molecule has 25 heavy (non-hydrogen) atoms. The van der Waals surface area contributed by atoms with Gasteiger partial charge in [-0.25, -0.2) is 0 Å². The minimum Gasteiger partial charge on any atom is -0.505 e. The Bertz CT molecular complexity index is 1060. The molecule has 0 atom stereocenters. The second-order valence-corrected chi connectivity index (χ2v) is 6.61. The summed E-state index contributed by atoms with van der Waals surface area (Å²) in [7, 11) is 0. The van der Waals surface area contributed by atoms with E-state index in [1.807, 2.05) is 54.6 Å². The molecular weight excluding hydrogens is 353 g/mol. The molecule has 0 fully saturated rings. The number of aromatic nitrogens is 1. The number of halogens is 2. The van der Waals surface area contributed by atoms with E-state index in [1.54, 1.807) is 18.3 Å². The van der Waals surface area contributed by atoms with Crippen molar-refractivity contribution >= 4 is 34.1 Å². The molecule has 0 bridgehead atoms. The molecule has 3 aromatic carbocycles. The standard InChI is InChI=1S/C21H13Cl2NO/c22-15-7-3-13(4-8-15)18-12-19(14-5-9-16(23)10-6-14)21(25)20-17(18)2-1-11-24-20/h1-12,25H. The maximum absolute atomic E-state index is 10.8. The predicted molar refractivity (Wildman–Crippen MR) is 104 cm³/mol. The molecule has 2 nitrogen and oxygen atoms in total. The maximum atomic E-state index is 10.8. The molecule has 0 saturated heterocycles. The van der Waals surface area contributed by atoms with Gasteiger partial charge in [-0.15, -0.1) is 0 Å². The molecule has 0 radical (unpaired) electrons. The summed E-state index contributed by atoms with van der Waals surface area (Å²) < 4.78 is 0. The zero-order valence-corrected chi connectivity index (χ0v) is 14.6. The number of pyridine rings is 1. The molecule has 1 heterocycles. The molecule has 0 spiro atoms. The highest BCUT2D eigenvalue weighted by Crippen LogP contribution is 2.41. The van der Waals surface area contributed by atoms with Crippen LogP contribution in [-0.4, -0.2) is 10.1 Å². The first kappa shape index (κ1) is 15.9. The lowest BCUT2D eigenvalue weighted by Crippen LogP contribution is -1.89. The van der Waals surface area contributed by atoms with Gasteiger partial charge in [-0.3, -0.25) is 4.98 Å². The van der Waals surface area contributed by atoms with Gasteiger partial charge < -0.3 is 5.11 Å². The monoisotopic (exact) mass is 365 g/mol. The van der Waals surface area contributed by atoms with Crippen LogP contribution in [0.15, 0.2) is 72.9 Å². The Balaban J connectivity index is 2.03. The molecule has 4 heteroatoms. The molecule has 4 rings (SSSR count). The van der Waals surface area contributed by atoms with Gasteiger partial charge in [0.2, 0.25) is 0 Å². The Morgan fingerprint density at radius 2 is 1.28 bits per heavy atom. The van der Waals surface area contributed by atoms with E-state index in [9.17, 15) is 5.11 Å². The highest BCUT2D eigenvalue weighted by Gasteiger charge is 2.15. The van der Waals surface area contributed by atoms with Crippen LogP contribution in [0.3, 0.4) is 0 Å². The zero-order chi connectivity index (χ0) is 17.4. The van der Waals surface area contributed by atoms with Gasteiger partial charge in [0.05, 0.1) is 0 Å². The number of nitrogens with zero attached hydrogens (tertiary/aromatic N) is 1. The summed E-state index contributed by atoms with van der Waals surface area (Å²) >= 11 is 12.0. The number of aromatic hydroxyl groups is 1. The van der Waals surface area contributed by atoms with Gasteiger partial charge in [-0.05, 0) is 53.1 Å². The summed E-state index contributed by atoms with van der Waals surface area (Å²) in [6.07, 6.45) is 1.68. The summed E-state index contributed by atoms with van der Waals surface area (Å²) in [4.78, 5) is 4.39. The Morgan fingerprint density at radius 3 is 1.88 bits per heavy atom. The number of rotatable bonds is 2. The van der Waals surface area contributed by atoms with Gasteiger partial charge in [-0.2, -0.15) is 0 Å². The third-order valence-corrected chi connectivity index (χ3v) is 4.68. The van der Waals surface area contributed by atoms with Crippen LogP contribution in [-0.2, 0) is 0 Å². The van der Waals surface area contributed by atoms with Crippen molar-refractivity contribution < 1.29 is 5.11 Å². The Labute approximate surface area is 155 Å². The highest BCUT2D eigenvalue weighted by molar-refractivity contribution is 6.31. The number of fused-ring (bicyclic) bond motifs is 1. The number of phenols is 1. The number of hydrogen-bond donors (Lipinski definition) is 1. The third-order valence-electron chi connectivity index (χ3n) is 4.18. The minimum absolute atomic E-state index is 0.163. The van der Waals surface area contributed by atoms with Gasteiger partial charge >= 0.3 is 0 Å². The van der Waals surface area contributed by atoms with Gasteiger partial charge in [0, 0.05) is 27.2 Å². The molecule has 0 unspecified atom stereocenters. The second-order valence-electron chi connectivity index (χ2n) is 5.73. The first-order chi connectivity index (χ1) is 12.1. The summed E-state index contributed by atoms with van der Waals surface area (Å²) in [5, 5.41) is 13.0. The topological polar surface area (TPSA) is 33.1 Å². The molecule has 122 valence electrons. The van der Waals surface area contributed by atoms with E-state index in [-0.39, 0.29) is 5.75 Å². The van der Waals surface area contributed by atoms with E-state index in [1.165, 1.54) is 0 Å². The summed E-state index contributed by atoms with van der Waals surface area (Å²) in [6.45, 7) is 0. The molecule has 4 aromatic rings. The van der Waals surface area contributed by atoms with Crippen molar-refractivity contribution in [2.75, 3.05) is 0 Å². The van der Waals surface area contributed by atoms with E-state index >= 15 is 0 Å². The van der Waals surface area contributed by atoms with Crippen LogP contribution in [0, 0.1) is 0 Å². The Kier molecular flexibility index (Phi) is 4.08. The summed E-state index contributed by atoms with van der Waals surface area (Å²) in [6, 6.07) is 20.8. The molecule has 0 aliphatic carbocycles. The van der Waals surface area contributed by atoms with E-state index in [4.69, 9.17) is 23.2 Å². The van der Waals surface area contributed by atoms with Crippen LogP contribution in [0.25, 0.3) is 33.2 Å². The van der Waals surface area contributed by atoms with Crippen molar-refractivity contribution in [1.29, 1.82) is 0 Å². The van der Waals surface area contributed by atoms with Gasteiger partial charge in [0.25, 0.3) is 0 Å². The lowest BCUT2D eigenvalue weighted by molar-refractivity contribution is 0.482. The average molecular weight is 366 g/mol.